The van der Waals surface area contributed by atoms with Gasteiger partial charge < -0.3 is 4.74 Å². The van der Waals surface area contributed by atoms with E-state index >= 15 is 0 Å². The molecule has 1 aliphatic rings. The Morgan fingerprint density at radius 2 is 2.05 bits per heavy atom. The van der Waals surface area contributed by atoms with Gasteiger partial charge in [-0.25, -0.2) is 0 Å². The van der Waals surface area contributed by atoms with Gasteiger partial charge in [0, 0.05) is 23.5 Å². The minimum absolute atomic E-state index is 0.292. The number of carbonyl (C=O) groups is 1. The molecule has 3 nitrogen and oxygen atoms in total. The Balaban J connectivity index is 1.83. The maximum Gasteiger partial charge on any atom is 0.131 e. The number of nitrogens with zero attached hydrogens (tertiary/aromatic N) is 1. The first kappa shape index (κ1) is 16.5. The molecule has 0 spiro atoms. The first-order valence-corrected chi connectivity index (χ1v) is 8.56. The van der Waals surface area contributed by atoms with Crippen molar-refractivity contribution in [2.24, 2.45) is 0 Å². The van der Waals surface area contributed by atoms with Crippen molar-refractivity contribution >= 4 is 21.7 Å². The smallest absolute Gasteiger partial charge is 0.131 e. The molecule has 1 atom stereocenters. The monoisotopic (exact) mass is 353 g/mol. The fourth-order valence-electron chi connectivity index (χ4n) is 2.91. The summed E-state index contributed by atoms with van der Waals surface area (Å²) in [6.45, 7) is 4.35. The van der Waals surface area contributed by atoms with E-state index in [0.717, 1.165) is 29.7 Å². The first-order valence-electron chi connectivity index (χ1n) is 7.77. The average Bonchev–Trinajstić information content (AvgIpc) is 2.66. The van der Waals surface area contributed by atoms with E-state index in [2.05, 4.69) is 20.8 Å². The predicted molar refractivity (Wildman–Crippen MR) is 88.8 cm³/mol. The van der Waals surface area contributed by atoms with Gasteiger partial charge in [-0.05, 0) is 50.6 Å². The zero-order valence-electron chi connectivity index (χ0n) is 12.7. The molecule has 0 amide bonds. The number of hydrogen-bond donors (Lipinski definition) is 0. The highest BCUT2D eigenvalue weighted by Gasteiger charge is 2.21. The molecule has 1 aromatic rings. The van der Waals surface area contributed by atoms with Gasteiger partial charge in [0.2, 0.25) is 0 Å². The minimum atomic E-state index is 0.292. The summed E-state index contributed by atoms with van der Waals surface area (Å²) in [6, 6.07) is 8.32. The van der Waals surface area contributed by atoms with Gasteiger partial charge in [0.05, 0.1) is 0 Å². The molecule has 1 aliphatic heterocycles. The lowest BCUT2D eigenvalue weighted by molar-refractivity contribution is -0.118. The van der Waals surface area contributed by atoms with E-state index in [9.17, 15) is 4.79 Å². The van der Waals surface area contributed by atoms with E-state index in [1.807, 2.05) is 24.3 Å². The van der Waals surface area contributed by atoms with E-state index in [4.69, 9.17) is 4.74 Å². The van der Waals surface area contributed by atoms with Crippen LogP contribution in [-0.4, -0.2) is 36.4 Å². The van der Waals surface area contributed by atoms with Gasteiger partial charge in [-0.15, -0.1) is 0 Å². The molecular formula is C17H24BrNO2. The maximum atomic E-state index is 11.4. The van der Waals surface area contributed by atoms with Crippen molar-refractivity contribution in [3.8, 4) is 5.75 Å². The van der Waals surface area contributed by atoms with Crippen molar-refractivity contribution in [1.82, 2.24) is 4.90 Å². The summed E-state index contributed by atoms with van der Waals surface area (Å²) in [6.07, 6.45) is 5.56. The molecule has 2 rings (SSSR count). The lowest BCUT2D eigenvalue weighted by Gasteiger charge is -2.29. The van der Waals surface area contributed by atoms with Crippen molar-refractivity contribution in [2.75, 3.05) is 19.7 Å². The fourth-order valence-corrected chi connectivity index (χ4v) is 3.17. The molecule has 1 heterocycles. The molecule has 0 bridgehead atoms. The average molecular weight is 354 g/mol. The SMILES string of the molecule is CC(=O)CC1CCCCCN1CCOc1ccc(Br)cc1. The van der Waals surface area contributed by atoms with Crippen molar-refractivity contribution < 1.29 is 9.53 Å². The number of rotatable bonds is 6. The second-order valence-electron chi connectivity index (χ2n) is 5.75. The third kappa shape index (κ3) is 5.79. The minimum Gasteiger partial charge on any atom is -0.492 e. The number of hydrogen-bond acceptors (Lipinski definition) is 3. The van der Waals surface area contributed by atoms with Crippen LogP contribution in [0.2, 0.25) is 0 Å². The molecule has 116 valence electrons. The lowest BCUT2D eigenvalue weighted by Crippen LogP contribution is -2.38. The Morgan fingerprint density at radius 1 is 1.29 bits per heavy atom. The van der Waals surface area contributed by atoms with E-state index in [1.165, 1.54) is 19.3 Å². The Labute approximate surface area is 135 Å². The highest BCUT2D eigenvalue weighted by Crippen LogP contribution is 2.20. The van der Waals surface area contributed by atoms with Crippen LogP contribution in [0.5, 0.6) is 5.75 Å². The van der Waals surface area contributed by atoms with E-state index in [-0.39, 0.29) is 0 Å². The summed E-state index contributed by atoms with van der Waals surface area (Å²) in [5.74, 6) is 1.19. The van der Waals surface area contributed by atoms with Crippen LogP contribution in [0.1, 0.15) is 39.0 Å². The Kier molecular flexibility index (Phi) is 6.71. The second-order valence-corrected chi connectivity index (χ2v) is 6.66. The van der Waals surface area contributed by atoms with Gasteiger partial charge in [0.25, 0.3) is 0 Å². The molecule has 4 heteroatoms. The summed E-state index contributed by atoms with van der Waals surface area (Å²) in [5.41, 5.74) is 0. The summed E-state index contributed by atoms with van der Waals surface area (Å²) in [5, 5.41) is 0. The van der Waals surface area contributed by atoms with Crippen molar-refractivity contribution in [1.29, 1.82) is 0 Å². The van der Waals surface area contributed by atoms with Crippen LogP contribution in [0.15, 0.2) is 28.7 Å². The highest BCUT2D eigenvalue weighted by molar-refractivity contribution is 9.10. The standard InChI is InChI=1S/C17H24BrNO2/c1-14(20)13-16-5-3-2-4-10-19(16)11-12-21-17-8-6-15(18)7-9-17/h6-9,16H,2-5,10-13H2,1H3. The lowest BCUT2D eigenvalue weighted by atomic mass is 10.0. The number of benzene rings is 1. The Hall–Kier alpha value is -0.870. The largest absolute Gasteiger partial charge is 0.492 e. The topological polar surface area (TPSA) is 29.5 Å². The van der Waals surface area contributed by atoms with Crippen molar-refractivity contribution in [2.45, 2.75) is 45.1 Å². The third-order valence-electron chi connectivity index (χ3n) is 3.98. The van der Waals surface area contributed by atoms with Gasteiger partial charge in [0.15, 0.2) is 0 Å². The van der Waals surface area contributed by atoms with Crippen LogP contribution in [-0.2, 0) is 4.79 Å². The molecule has 1 unspecified atom stereocenters. The number of halogens is 1. The van der Waals surface area contributed by atoms with Crippen LogP contribution in [0.25, 0.3) is 0 Å². The molecule has 0 saturated carbocycles. The fraction of sp³-hybridized carbons (Fsp3) is 0.588. The van der Waals surface area contributed by atoms with Gasteiger partial charge in [0.1, 0.15) is 18.1 Å². The zero-order valence-corrected chi connectivity index (χ0v) is 14.3. The van der Waals surface area contributed by atoms with Crippen LogP contribution in [0, 0.1) is 0 Å². The molecule has 21 heavy (non-hydrogen) atoms. The number of carbonyl (C=O) groups excluding carboxylic acids is 1. The van der Waals surface area contributed by atoms with Gasteiger partial charge in [-0.1, -0.05) is 28.8 Å². The normalized spacial score (nSPS) is 20.0. The quantitative estimate of drug-likeness (QED) is 0.772. The molecule has 0 N–H and O–H groups in total. The number of ether oxygens (including phenoxy) is 1. The van der Waals surface area contributed by atoms with Crippen LogP contribution < -0.4 is 4.74 Å². The Bertz CT molecular complexity index is 447. The summed E-state index contributed by atoms with van der Waals surface area (Å²) < 4.78 is 6.87. The summed E-state index contributed by atoms with van der Waals surface area (Å²) >= 11 is 3.42. The van der Waals surface area contributed by atoms with E-state index in [0.29, 0.717) is 24.9 Å². The molecular weight excluding hydrogens is 330 g/mol. The maximum absolute atomic E-state index is 11.4. The van der Waals surface area contributed by atoms with Gasteiger partial charge in [-0.2, -0.15) is 0 Å². The molecule has 0 aromatic heterocycles. The zero-order chi connectivity index (χ0) is 15.1. The molecule has 1 fully saturated rings. The third-order valence-corrected chi connectivity index (χ3v) is 4.51. The van der Waals surface area contributed by atoms with Gasteiger partial charge in [-0.3, -0.25) is 9.69 Å². The summed E-state index contributed by atoms with van der Waals surface area (Å²) in [7, 11) is 0. The molecule has 0 radical (unpaired) electrons. The van der Waals surface area contributed by atoms with Gasteiger partial charge >= 0.3 is 0 Å². The van der Waals surface area contributed by atoms with Crippen LogP contribution in [0.4, 0.5) is 0 Å². The van der Waals surface area contributed by atoms with E-state index < -0.39 is 0 Å². The molecule has 1 saturated heterocycles. The molecule has 0 aliphatic carbocycles. The molecule has 1 aromatic carbocycles. The van der Waals surface area contributed by atoms with Crippen molar-refractivity contribution in [3.63, 3.8) is 0 Å². The van der Waals surface area contributed by atoms with Crippen LogP contribution >= 0.6 is 15.9 Å². The van der Waals surface area contributed by atoms with Crippen LogP contribution in [0.3, 0.4) is 0 Å². The Morgan fingerprint density at radius 3 is 2.76 bits per heavy atom. The number of likely N-dealkylation sites (tertiary alicyclic amines) is 1. The van der Waals surface area contributed by atoms with Crippen molar-refractivity contribution in [3.05, 3.63) is 28.7 Å². The summed E-state index contributed by atoms with van der Waals surface area (Å²) in [4.78, 5) is 13.9. The second kappa shape index (κ2) is 8.54. The predicted octanol–water partition coefficient (Wildman–Crippen LogP) is 4.05. The number of Topliss-reactive ketones (excluding diaryl/α,β-unsaturated/α-hetero) is 1. The first-order chi connectivity index (χ1) is 10.1. The van der Waals surface area contributed by atoms with E-state index in [1.54, 1.807) is 6.92 Å². The highest BCUT2D eigenvalue weighted by atomic mass is 79.9. The number of ketones is 1.